The zero-order valence-corrected chi connectivity index (χ0v) is 13.1. The molecule has 2 aromatic heterocycles. The predicted octanol–water partition coefficient (Wildman–Crippen LogP) is 4.00. The van der Waals surface area contributed by atoms with Gasteiger partial charge in [-0.3, -0.25) is 0 Å². The van der Waals surface area contributed by atoms with E-state index < -0.39 is 0 Å². The Labute approximate surface area is 122 Å². The van der Waals surface area contributed by atoms with Gasteiger partial charge in [-0.05, 0) is 35.9 Å². The van der Waals surface area contributed by atoms with Gasteiger partial charge in [0.2, 0.25) is 5.28 Å². The number of halogens is 1. The van der Waals surface area contributed by atoms with E-state index in [-0.39, 0.29) is 0 Å². The highest BCUT2D eigenvalue weighted by Crippen LogP contribution is 2.35. The molecule has 102 valence electrons. The molecule has 2 aromatic rings. The number of fused-ring (bicyclic) bond motifs is 1. The smallest absolute Gasteiger partial charge is 0.225 e. The average molecular weight is 296 g/mol. The summed E-state index contributed by atoms with van der Waals surface area (Å²) in [6.07, 6.45) is 1.03. The molecular formula is C14H18ClN3S. The highest BCUT2D eigenvalue weighted by atomic mass is 35.5. The molecule has 1 saturated heterocycles. The predicted molar refractivity (Wildman–Crippen MR) is 82.3 cm³/mol. The minimum absolute atomic E-state index is 0.360. The Morgan fingerprint density at radius 1 is 1.32 bits per heavy atom. The van der Waals surface area contributed by atoms with Crippen LogP contribution < -0.4 is 4.90 Å². The molecule has 2 unspecified atom stereocenters. The van der Waals surface area contributed by atoms with Crippen LogP contribution in [0.1, 0.15) is 25.6 Å². The maximum Gasteiger partial charge on any atom is 0.225 e. The monoisotopic (exact) mass is 295 g/mol. The summed E-state index contributed by atoms with van der Waals surface area (Å²) in [4.78, 5) is 13.6. The molecule has 0 spiro atoms. The second kappa shape index (κ2) is 4.91. The van der Waals surface area contributed by atoms with Crippen LogP contribution in [-0.2, 0) is 6.42 Å². The van der Waals surface area contributed by atoms with Crippen LogP contribution in [0.25, 0.3) is 10.2 Å². The Morgan fingerprint density at radius 3 is 2.63 bits per heavy atom. The van der Waals surface area contributed by atoms with Gasteiger partial charge in [-0.25, -0.2) is 4.98 Å². The van der Waals surface area contributed by atoms with Gasteiger partial charge in [0.1, 0.15) is 10.6 Å². The number of anilines is 1. The molecule has 3 nitrogen and oxygen atoms in total. The van der Waals surface area contributed by atoms with Gasteiger partial charge in [0.05, 0.1) is 5.39 Å². The van der Waals surface area contributed by atoms with Gasteiger partial charge >= 0.3 is 0 Å². The minimum Gasteiger partial charge on any atom is -0.355 e. The molecule has 3 heterocycles. The zero-order valence-electron chi connectivity index (χ0n) is 11.5. The summed E-state index contributed by atoms with van der Waals surface area (Å²) in [6.45, 7) is 8.88. The molecule has 1 aliphatic heterocycles. The minimum atomic E-state index is 0.360. The first-order chi connectivity index (χ1) is 9.08. The van der Waals surface area contributed by atoms with Crippen LogP contribution in [0.15, 0.2) is 6.07 Å². The molecule has 0 amide bonds. The van der Waals surface area contributed by atoms with Crippen molar-refractivity contribution in [2.45, 2.75) is 27.2 Å². The molecular weight excluding hydrogens is 278 g/mol. The zero-order chi connectivity index (χ0) is 13.6. The standard InChI is InChI=1S/C14H18ClN3S/c1-4-10-5-11-12(16-14(15)17-13(11)19-10)18-6-8(2)9(3)7-18/h5,8-9H,4,6-7H2,1-3H3. The number of thiophene rings is 1. The SMILES string of the molecule is CCc1cc2c(N3CC(C)C(C)C3)nc(Cl)nc2s1. The van der Waals surface area contributed by atoms with Crippen molar-refractivity contribution in [3.05, 3.63) is 16.2 Å². The molecule has 1 aliphatic rings. The lowest BCUT2D eigenvalue weighted by Gasteiger charge is -2.17. The number of nitrogens with zero attached hydrogens (tertiary/aromatic N) is 3. The van der Waals surface area contributed by atoms with E-state index in [9.17, 15) is 0 Å². The van der Waals surface area contributed by atoms with Crippen molar-refractivity contribution in [2.75, 3.05) is 18.0 Å². The molecule has 3 rings (SSSR count). The normalized spacial score (nSPS) is 23.5. The first kappa shape index (κ1) is 13.1. The largest absolute Gasteiger partial charge is 0.355 e. The molecule has 0 radical (unpaired) electrons. The Balaban J connectivity index is 2.09. The lowest BCUT2D eigenvalue weighted by molar-refractivity contribution is 0.494. The Morgan fingerprint density at radius 2 is 2.00 bits per heavy atom. The van der Waals surface area contributed by atoms with E-state index in [2.05, 4.69) is 41.7 Å². The topological polar surface area (TPSA) is 29.0 Å². The van der Waals surface area contributed by atoms with Crippen molar-refractivity contribution in [2.24, 2.45) is 11.8 Å². The van der Waals surface area contributed by atoms with E-state index in [0.29, 0.717) is 17.1 Å². The van der Waals surface area contributed by atoms with Crippen LogP contribution in [0.5, 0.6) is 0 Å². The van der Waals surface area contributed by atoms with Crippen LogP contribution in [0.4, 0.5) is 5.82 Å². The van der Waals surface area contributed by atoms with E-state index in [1.54, 1.807) is 11.3 Å². The van der Waals surface area contributed by atoms with Crippen molar-refractivity contribution in [1.29, 1.82) is 0 Å². The third-order valence-electron chi connectivity index (χ3n) is 4.03. The van der Waals surface area contributed by atoms with Crippen molar-refractivity contribution in [3.63, 3.8) is 0 Å². The lowest BCUT2D eigenvalue weighted by Crippen LogP contribution is -2.21. The fourth-order valence-corrected chi connectivity index (χ4v) is 3.83. The summed E-state index contributed by atoms with van der Waals surface area (Å²) in [7, 11) is 0. The molecule has 0 aliphatic carbocycles. The second-order valence-electron chi connectivity index (χ2n) is 5.46. The molecule has 0 aromatic carbocycles. The van der Waals surface area contributed by atoms with E-state index in [1.807, 2.05) is 0 Å². The highest BCUT2D eigenvalue weighted by Gasteiger charge is 2.28. The molecule has 19 heavy (non-hydrogen) atoms. The van der Waals surface area contributed by atoms with Gasteiger partial charge in [-0.2, -0.15) is 4.98 Å². The first-order valence-electron chi connectivity index (χ1n) is 6.79. The fraction of sp³-hybridized carbons (Fsp3) is 0.571. The summed E-state index contributed by atoms with van der Waals surface area (Å²) in [5.41, 5.74) is 0. The number of aromatic nitrogens is 2. The quantitative estimate of drug-likeness (QED) is 0.784. The Hall–Kier alpha value is -0.870. The van der Waals surface area contributed by atoms with Gasteiger partial charge in [-0.1, -0.05) is 20.8 Å². The van der Waals surface area contributed by atoms with Crippen LogP contribution in [0.2, 0.25) is 5.28 Å². The van der Waals surface area contributed by atoms with E-state index >= 15 is 0 Å². The van der Waals surface area contributed by atoms with Gasteiger partial charge in [0.15, 0.2) is 0 Å². The maximum atomic E-state index is 6.09. The molecule has 5 heteroatoms. The highest BCUT2D eigenvalue weighted by molar-refractivity contribution is 7.18. The van der Waals surface area contributed by atoms with Gasteiger partial charge in [0.25, 0.3) is 0 Å². The average Bonchev–Trinajstić information content (AvgIpc) is 2.92. The van der Waals surface area contributed by atoms with Crippen molar-refractivity contribution >= 4 is 39.0 Å². The van der Waals surface area contributed by atoms with Crippen molar-refractivity contribution in [3.8, 4) is 0 Å². The van der Waals surface area contributed by atoms with Gasteiger partial charge in [-0.15, -0.1) is 11.3 Å². The van der Waals surface area contributed by atoms with Crippen molar-refractivity contribution in [1.82, 2.24) is 9.97 Å². The molecule has 0 N–H and O–H groups in total. The summed E-state index contributed by atoms with van der Waals surface area (Å²) in [5.74, 6) is 2.42. The third-order valence-corrected chi connectivity index (χ3v) is 5.37. The molecule has 0 saturated carbocycles. The maximum absolute atomic E-state index is 6.09. The summed E-state index contributed by atoms with van der Waals surface area (Å²) >= 11 is 7.81. The van der Waals surface area contributed by atoms with Gasteiger partial charge in [0, 0.05) is 18.0 Å². The summed E-state index contributed by atoms with van der Waals surface area (Å²) < 4.78 is 0. The van der Waals surface area contributed by atoms with Crippen LogP contribution in [-0.4, -0.2) is 23.1 Å². The van der Waals surface area contributed by atoms with Crippen LogP contribution >= 0.6 is 22.9 Å². The first-order valence-corrected chi connectivity index (χ1v) is 7.98. The third kappa shape index (κ3) is 2.32. The number of hydrogen-bond donors (Lipinski definition) is 0. The number of aryl methyl sites for hydroxylation is 1. The number of rotatable bonds is 2. The Kier molecular flexibility index (Phi) is 3.39. The molecule has 2 atom stereocenters. The molecule has 1 fully saturated rings. The van der Waals surface area contributed by atoms with Crippen molar-refractivity contribution < 1.29 is 0 Å². The summed E-state index contributed by atoms with van der Waals surface area (Å²) in [5, 5.41) is 1.52. The molecule has 0 bridgehead atoms. The Bertz CT molecular complexity index is 600. The number of hydrogen-bond acceptors (Lipinski definition) is 4. The van der Waals surface area contributed by atoms with E-state index in [0.717, 1.165) is 35.5 Å². The van der Waals surface area contributed by atoms with Gasteiger partial charge < -0.3 is 4.90 Å². The fourth-order valence-electron chi connectivity index (χ4n) is 2.65. The van der Waals surface area contributed by atoms with Crippen LogP contribution in [0, 0.1) is 11.8 Å². The second-order valence-corrected chi connectivity index (χ2v) is 6.91. The van der Waals surface area contributed by atoms with E-state index in [4.69, 9.17) is 11.6 Å². The summed E-state index contributed by atoms with van der Waals surface area (Å²) in [6, 6.07) is 2.22. The van der Waals surface area contributed by atoms with E-state index in [1.165, 1.54) is 4.88 Å². The van der Waals surface area contributed by atoms with Crippen LogP contribution in [0.3, 0.4) is 0 Å². The lowest BCUT2D eigenvalue weighted by atomic mass is 10.0.